The first-order valence-electron chi connectivity index (χ1n) is 2.61. The van der Waals surface area contributed by atoms with Gasteiger partial charge < -0.3 is 0 Å². The number of hydrogen-bond donors (Lipinski definition) is 0. The van der Waals surface area contributed by atoms with E-state index in [0.29, 0.717) is 5.95 Å². The van der Waals surface area contributed by atoms with Crippen LogP contribution in [0.3, 0.4) is 0 Å². The molecule has 1 rings (SSSR count). The lowest BCUT2D eigenvalue weighted by Crippen LogP contribution is -2.10. The molecule has 1 aromatic heterocycles. The van der Waals surface area contributed by atoms with Gasteiger partial charge in [0.1, 0.15) is 0 Å². The fourth-order valence-electron chi connectivity index (χ4n) is 0.453. The van der Waals surface area contributed by atoms with E-state index in [9.17, 15) is 0 Å². The van der Waals surface area contributed by atoms with Gasteiger partial charge in [0, 0.05) is 7.05 Å². The molecular formula is C4H6N6. The predicted molar refractivity (Wildman–Crippen MR) is 32.8 cm³/mol. The molecule has 1 heterocycles. The Morgan fingerprint density at radius 1 is 1.70 bits per heavy atom. The zero-order chi connectivity index (χ0) is 7.56. The van der Waals surface area contributed by atoms with Crippen LogP contribution in [0.2, 0.25) is 0 Å². The number of hydrogen-bond acceptors (Lipinski definition) is 5. The summed E-state index contributed by atoms with van der Waals surface area (Å²) in [4.78, 5) is 2.52. The number of rotatable bonds is 1. The molecule has 0 aliphatic rings. The summed E-state index contributed by atoms with van der Waals surface area (Å²) in [5, 5.41) is 19.3. The average molecular weight is 138 g/mol. The van der Waals surface area contributed by atoms with Gasteiger partial charge in [-0.05, 0) is 5.21 Å². The quantitative estimate of drug-likeness (QED) is 0.372. The Bertz CT molecular complexity index is 257. The Labute approximate surface area is 57.7 Å². The van der Waals surface area contributed by atoms with Crippen molar-refractivity contribution in [3.05, 3.63) is 0 Å². The number of aromatic nitrogens is 4. The van der Waals surface area contributed by atoms with Crippen molar-refractivity contribution in [3.63, 3.8) is 0 Å². The third-order valence-corrected chi connectivity index (χ3v) is 0.948. The zero-order valence-corrected chi connectivity index (χ0v) is 5.68. The minimum Gasteiger partial charge on any atom is -0.248 e. The maximum atomic E-state index is 8.36. The highest BCUT2D eigenvalue weighted by atomic mass is 15.6. The van der Waals surface area contributed by atoms with Gasteiger partial charge in [-0.3, -0.25) is 0 Å². The maximum absolute atomic E-state index is 8.36. The summed E-state index contributed by atoms with van der Waals surface area (Å²) in [7, 11) is 3.21. The largest absolute Gasteiger partial charge is 0.278 e. The monoisotopic (exact) mass is 138 g/mol. The molecule has 0 amide bonds. The van der Waals surface area contributed by atoms with Crippen LogP contribution in [0.15, 0.2) is 0 Å². The van der Waals surface area contributed by atoms with Crippen molar-refractivity contribution in [1.29, 1.82) is 5.26 Å². The van der Waals surface area contributed by atoms with Crippen LogP contribution in [0.5, 0.6) is 0 Å². The Morgan fingerprint density at radius 2 is 2.40 bits per heavy atom. The van der Waals surface area contributed by atoms with E-state index >= 15 is 0 Å². The molecule has 0 aromatic carbocycles. The summed E-state index contributed by atoms with van der Waals surface area (Å²) in [6, 6.07) is 0. The van der Waals surface area contributed by atoms with Gasteiger partial charge in [-0.15, -0.1) is 5.10 Å². The molecule has 6 heteroatoms. The first kappa shape index (κ1) is 6.48. The average Bonchev–Trinajstić information content (AvgIpc) is 2.34. The second kappa shape index (κ2) is 2.31. The fraction of sp³-hybridized carbons (Fsp3) is 0.500. The van der Waals surface area contributed by atoms with Gasteiger partial charge >= 0.3 is 0 Å². The van der Waals surface area contributed by atoms with E-state index in [4.69, 9.17) is 5.26 Å². The minimum absolute atomic E-state index is 0.310. The molecule has 6 nitrogen and oxygen atoms in total. The molecule has 0 bridgehead atoms. The Balaban J connectivity index is 2.87. The van der Waals surface area contributed by atoms with Gasteiger partial charge in [0.2, 0.25) is 0 Å². The molecule has 0 atom stereocenters. The van der Waals surface area contributed by atoms with Crippen LogP contribution in [0, 0.1) is 11.5 Å². The van der Waals surface area contributed by atoms with Crippen LogP contribution in [0.1, 0.15) is 0 Å². The summed E-state index contributed by atoms with van der Waals surface area (Å²) < 4.78 is 0. The smallest absolute Gasteiger partial charge is 0.248 e. The van der Waals surface area contributed by atoms with Crippen molar-refractivity contribution in [2.24, 2.45) is 7.05 Å². The second-order valence-corrected chi connectivity index (χ2v) is 1.74. The van der Waals surface area contributed by atoms with Gasteiger partial charge in [-0.1, -0.05) is 5.10 Å². The van der Waals surface area contributed by atoms with E-state index in [1.54, 1.807) is 14.1 Å². The van der Waals surface area contributed by atoms with Crippen molar-refractivity contribution >= 4 is 5.95 Å². The summed E-state index contributed by atoms with van der Waals surface area (Å²) in [5.41, 5.74) is 0. The van der Waals surface area contributed by atoms with Crippen LogP contribution in [-0.2, 0) is 7.05 Å². The molecule has 0 spiro atoms. The Morgan fingerprint density at radius 3 is 2.80 bits per heavy atom. The molecule has 10 heavy (non-hydrogen) atoms. The van der Waals surface area contributed by atoms with Gasteiger partial charge in [0.05, 0.1) is 7.05 Å². The van der Waals surface area contributed by atoms with Crippen LogP contribution < -0.4 is 4.90 Å². The molecule has 0 aliphatic carbocycles. The summed E-state index contributed by atoms with van der Waals surface area (Å²) in [5.74, 6) is 0.310. The van der Waals surface area contributed by atoms with Crippen molar-refractivity contribution in [2.45, 2.75) is 0 Å². The second-order valence-electron chi connectivity index (χ2n) is 1.74. The first-order valence-corrected chi connectivity index (χ1v) is 2.61. The third-order valence-electron chi connectivity index (χ3n) is 0.948. The van der Waals surface area contributed by atoms with Gasteiger partial charge in [-0.2, -0.15) is 10.1 Å². The standard InChI is InChI=1S/C4H6N6/c1-9(3-5)4-6-8-10(2)7-4/h1-2H3. The van der Waals surface area contributed by atoms with Crippen LogP contribution in [0.4, 0.5) is 5.95 Å². The zero-order valence-electron chi connectivity index (χ0n) is 5.68. The topological polar surface area (TPSA) is 70.6 Å². The molecule has 1 aromatic rings. The highest BCUT2D eigenvalue weighted by Crippen LogP contribution is 1.96. The molecule has 0 N–H and O–H groups in total. The highest BCUT2D eigenvalue weighted by molar-refractivity contribution is 5.30. The van der Waals surface area contributed by atoms with Gasteiger partial charge in [-0.25, -0.2) is 4.90 Å². The predicted octanol–water partition coefficient (Wildman–Crippen LogP) is -0.873. The minimum atomic E-state index is 0.310. The fourth-order valence-corrected chi connectivity index (χ4v) is 0.453. The van der Waals surface area contributed by atoms with Crippen molar-refractivity contribution in [2.75, 3.05) is 11.9 Å². The lowest BCUT2D eigenvalue weighted by atomic mass is 10.8. The van der Waals surface area contributed by atoms with Crippen LogP contribution >= 0.6 is 0 Å². The van der Waals surface area contributed by atoms with E-state index < -0.39 is 0 Å². The number of tetrazole rings is 1. The summed E-state index contributed by atoms with van der Waals surface area (Å²) in [6.07, 6.45) is 1.85. The molecule has 0 radical (unpaired) electrons. The molecule has 0 aliphatic heterocycles. The van der Waals surface area contributed by atoms with Crippen LogP contribution in [0.25, 0.3) is 0 Å². The van der Waals surface area contributed by atoms with E-state index in [1.165, 1.54) is 9.70 Å². The van der Waals surface area contributed by atoms with Crippen molar-refractivity contribution < 1.29 is 0 Å². The lowest BCUT2D eigenvalue weighted by molar-refractivity contribution is 0.630. The molecule has 52 valence electrons. The molecule has 0 saturated heterocycles. The van der Waals surface area contributed by atoms with E-state index in [-0.39, 0.29) is 0 Å². The Hall–Kier alpha value is -1.64. The molecule has 0 fully saturated rings. The number of nitriles is 1. The molecule has 0 unspecified atom stereocenters. The van der Waals surface area contributed by atoms with Crippen molar-refractivity contribution in [1.82, 2.24) is 20.2 Å². The van der Waals surface area contributed by atoms with E-state index in [0.717, 1.165) is 0 Å². The summed E-state index contributed by atoms with van der Waals surface area (Å²) in [6.45, 7) is 0. The van der Waals surface area contributed by atoms with E-state index in [1.807, 2.05) is 6.19 Å². The molecule has 0 saturated carbocycles. The van der Waals surface area contributed by atoms with Gasteiger partial charge in [0.25, 0.3) is 5.95 Å². The van der Waals surface area contributed by atoms with Gasteiger partial charge in [0.15, 0.2) is 6.19 Å². The van der Waals surface area contributed by atoms with E-state index in [2.05, 4.69) is 15.4 Å². The summed E-state index contributed by atoms with van der Waals surface area (Å²) >= 11 is 0. The third kappa shape index (κ3) is 1.02. The Kier molecular flexibility index (Phi) is 1.49. The van der Waals surface area contributed by atoms with Crippen molar-refractivity contribution in [3.8, 4) is 6.19 Å². The van der Waals surface area contributed by atoms with Crippen LogP contribution in [-0.4, -0.2) is 27.3 Å². The lowest BCUT2D eigenvalue weighted by Gasteiger charge is -1.97. The molecular weight excluding hydrogens is 132 g/mol. The normalized spacial score (nSPS) is 8.90. The highest BCUT2D eigenvalue weighted by Gasteiger charge is 2.03. The number of nitrogens with zero attached hydrogens (tertiary/aromatic N) is 6. The number of aryl methyl sites for hydroxylation is 1. The SMILES string of the molecule is CN(C#N)c1nnn(C)n1. The number of anilines is 1. The maximum Gasteiger partial charge on any atom is 0.278 e. The first-order chi connectivity index (χ1) is 4.74.